The average molecular weight is 307 g/mol. The maximum atomic E-state index is 10.6. The van der Waals surface area contributed by atoms with E-state index in [0.717, 1.165) is 6.08 Å². The molecule has 20 heavy (non-hydrogen) atoms. The van der Waals surface area contributed by atoms with Gasteiger partial charge in [0, 0.05) is 11.6 Å². The Labute approximate surface area is 124 Å². The third-order valence-electron chi connectivity index (χ3n) is 2.46. The lowest BCUT2D eigenvalue weighted by atomic mass is 10.2. The summed E-state index contributed by atoms with van der Waals surface area (Å²) in [7, 11) is 0. The molecule has 0 N–H and O–H groups in total. The van der Waals surface area contributed by atoms with Crippen molar-refractivity contribution >= 4 is 35.2 Å². The van der Waals surface area contributed by atoms with Crippen LogP contribution in [0.25, 0.3) is 17.4 Å². The van der Waals surface area contributed by atoms with Gasteiger partial charge in [0.1, 0.15) is 17.6 Å². The van der Waals surface area contributed by atoms with E-state index in [2.05, 4.69) is 0 Å². The van der Waals surface area contributed by atoms with E-state index in [1.165, 1.54) is 12.1 Å². The SMILES string of the molecule is N#C/C(=C\c1ccc(-c2ccc(Cl)c(Cl)c2)o1)C(=O)[O-]. The van der Waals surface area contributed by atoms with E-state index < -0.39 is 11.5 Å². The van der Waals surface area contributed by atoms with Crippen LogP contribution in [0.4, 0.5) is 0 Å². The predicted octanol–water partition coefficient (Wildman–Crippen LogP) is 2.91. The highest BCUT2D eigenvalue weighted by molar-refractivity contribution is 6.42. The second kappa shape index (κ2) is 5.83. The third kappa shape index (κ3) is 3.02. The van der Waals surface area contributed by atoms with E-state index in [0.29, 0.717) is 21.4 Å². The molecule has 6 heteroatoms. The Morgan fingerprint density at radius 1 is 1.25 bits per heavy atom. The highest BCUT2D eigenvalue weighted by Crippen LogP contribution is 2.29. The highest BCUT2D eigenvalue weighted by atomic mass is 35.5. The number of carbonyl (C=O) groups is 1. The molecule has 0 aliphatic heterocycles. The summed E-state index contributed by atoms with van der Waals surface area (Å²) in [5.41, 5.74) is 0.172. The van der Waals surface area contributed by atoms with Gasteiger partial charge in [-0.15, -0.1) is 0 Å². The molecule has 0 bridgehead atoms. The van der Waals surface area contributed by atoms with Crippen molar-refractivity contribution in [2.75, 3.05) is 0 Å². The first-order valence-corrected chi connectivity index (χ1v) is 6.15. The summed E-state index contributed by atoms with van der Waals surface area (Å²) in [6, 6.07) is 9.65. The summed E-state index contributed by atoms with van der Waals surface area (Å²) in [4.78, 5) is 10.6. The number of rotatable bonds is 3. The lowest BCUT2D eigenvalue weighted by Crippen LogP contribution is -2.23. The van der Waals surface area contributed by atoms with E-state index in [1.54, 1.807) is 24.3 Å². The minimum Gasteiger partial charge on any atom is -0.544 e. The van der Waals surface area contributed by atoms with Gasteiger partial charge in [-0.25, -0.2) is 0 Å². The Bertz CT molecular complexity index is 741. The van der Waals surface area contributed by atoms with Crippen LogP contribution in [0.1, 0.15) is 5.76 Å². The zero-order valence-electron chi connectivity index (χ0n) is 9.89. The van der Waals surface area contributed by atoms with Crippen LogP contribution >= 0.6 is 23.2 Å². The average Bonchev–Trinajstić information content (AvgIpc) is 2.87. The number of carboxylic acids is 1. The predicted molar refractivity (Wildman–Crippen MR) is 72.8 cm³/mol. The van der Waals surface area contributed by atoms with Gasteiger partial charge in [-0.1, -0.05) is 23.2 Å². The first-order chi connectivity index (χ1) is 9.51. The zero-order chi connectivity index (χ0) is 14.7. The molecule has 2 aromatic rings. The molecule has 1 aromatic heterocycles. The van der Waals surface area contributed by atoms with Crippen molar-refractivity contribution < 1.29 is 14.3 Å². The van der Waals surface area contributed by atoms with Gasteiger partial charge < -0.3 is 14.3 Å². The molecule has 0 amide bonds. The van der Waals surface area contributed by atoms with Crippen LogP contribution in [-0.4, -0.2) is 5.97 Å². The van der Waals surface area contributed by atoms with E-state index in [9.17, 15) is 9.90 Å². The topological polar surface area (TPSA) is 77.1 Å². The molecule has 0 saturated carbocycles. The van der Waals surface area contributed by atoms with Crippen molar-refractivity contribution in [3.8, 4) is 17.4 Å². The van der Waals surface area contributed by atoms with Crippen LogP contribution in [0.5, 0.6) is 0 Å². The summed E-state index contributed by atoms with van der Waals surface area (Å²) in [5.74, 6) is -0.850. The summed E-state index contributed by atoms with van der Waals surface area (Å²) < 4.78 is 5.43. The molecule has 0 spiro atoms. The molecule has 1 heterocycles. The van der Waals surface area contributed by atoms with E-state index in [1.807, 2.05) is 0 Å². The van der Waals surface area contributed by atoms with Crippen LogP contribution in [0.3, 0.4) is 0 Å². The summed E-state index contributed by atoms with van der Waals surface area (Å²) in [5, 5.41) is 20.1. The van der Waals surface area contributed by atoms with Gasteiger partial charge in [0.2, 0.25) is 0 Å². The van der Waals surface area contributed by atoms with Crippen molar-refractivity contribution in [1.29, 1.82) is 5.26 Å². The van der Waals surface area contributed by atoms with Crippen molar-refractivity contribution in [1.82, 2.24) is 0 Å². The van der Waals surface area contributed by atoms with Gasteiger partial charge >= 0.3 is 0 Å². The third-order valence-corrected chi connectivity index (χ3v) is 3.20. The van der Waals surface area contributed by atoms with Crippen molar-refractivity contribution in [2.24, 2.45) is 0 Å². The van der Waals surface area contributed by atoms with Crippen LogP contribution < -0.4 is 5.11 Å². The maximum Gasteiger partial charge on any atom is 0.134 e. The number of carboxylic acid groups (broad SMARTS) is 1. The molecule has 0 saturated heterocycles. The number of carbonyl (C=O) groups excluding carboxylic acids is 1. The number of nitriles is 1. The molecule has 0 atom stereocenters. The van der Waals surface area contributed by atoms with Crippen molar-refractivity contribution in [3.05, 3.63) is 51.7 Å². The van der Waals surface area contributed by atoms with Gasteiger partial charge in [-0.05, 0) is 30.3 Å². The molecule has 4 nitrogen and oxygen atoms in total. The van der Waals surface area contributed by atoms with Crippen LogP contribution in [0.2, 0.25) is 10.0 Å². The Morgan fingerprint density at radius 2 is 2.00 bits per heavy atom. The van der Waals surface area contributed by atoms with Crippen LogP contribution in [0, 0.1) is 11.3 Å². The largest absolute Gasteiger partial charge is 0.544 e. The Balaban J connectivity index is 2.36. The van der Waals surface area contributed by atoms with Crippen LogP contribution in [-0.2, 0) is 4.79 Å². The minimum absolute atomic E-state index is 0.229. The maximum absolute atomic E-state index is 10.6. The fourth-order valence-electron chi connectivity index (χ4n) is 1.51. The first kappa shape index (κ1) is 14.2. The first-order valence-electron chi connectivity index (χ1n) is 5.39. The Morgan fingerprint density at radius 3 is 2.60 bits per heavy atom. The van der Waals surface area contributed by atoms with Crippen molar-refractivity contribution in [2.45, 2.75) is 0 Å². The van der Waals surface area contributed by atoms with Gasteiger partial charge in [0.05, 0.1) is 21.6 Å². The molecule has 0 aliphatic rings. The number of nitrogens with zero attached hydrogens (tertiary/aromatic N) is 1. The molecule has 100 valence electrons. The molecular formula is C14H6Cl2NO3-. The smallest absolute Gasteiger partial charge is 0.134 e. The van der Waals surface area contributed by atoms with Gasteiger partial charge in [-0.2, -0.15) is 5.26 Å². The second-order valence-electron chi connectivity index (χ2n) is 3.79. The molecular weight excluding hydrogens is 301 g/mol. The van der Waals surface area contributed by atoms with E-state index in [-0.39, 0.29) is 5.76 Å². The monoisotopic (exact) mass is 306 g/mol. The van der Waals surface area contributed by atoms with E-state index >= 15 is 0 Å². The lowest BCUT2D eigenvalue weighted by Gasteiger charge is -2.00. The number of furan rings is 1. The second-order valence-corrected chi connectivity index (χ2v) is 4.60. The standard InChI is InChI=1S/C14H7Cl2NO3/c15-11-3-1-8(6-12(11)16)13-4-2-10(20-13)5-9(7-17)14(18)19/h1-6H,(H,18,19)/p-1/b9-5+. The quantitative estimate of drug-likeness (QED) is 0.645. The Hall–Kier alpha value is -2.22. The highest BCUT2D eigenvalue weighted by Gasteiger charge is 2.07. The molecule has 0 unspecified atom stereocenters. The number of aliphatic carboxylic acids is 1. The number of halogens is 2. The summed E-state index contributed by atoms with van der Waals surface area (Å²) in [6.45, 7) is 0. The zero-order valence-corrected chi connectivity index (χ0v) is 11.4. The lowest BCUT2D eigenvalue weighted by molar-refractivity contribution is -0.298. The van der Waals surface area contributed by atoms with Crippen molar-refractivity contribution in [3.63, 3.8) is 0 Å². The van der Waals surface area contributed by atoms with Gasteiger partial charge in [0.15, 0.2) is 0 Å². The van der Waals surface area contributed by atoms with Gasteiger partial charge in [0.25, 0.3) is 0 Å². The molecule has 0 aliphatic carbocycles. The molecule has 2 rings (SSSR count). The summed E-state index contributed by atoms with van der Waals surface area (Å²) >= 11 is 11.7. The fourth-order valence-corrected chi connectivity index (χ4v) is 1.81. The number of benzene rings is 1. The van der Waals surface area contributed by atoms with Gasteiger partial charge in [-0.3, -0.25) is 0 Å². The number of hydrogen-bond donors (Lipinski definition) is 0. The number of hydrogen-bond acceptors (Lipinski definition) is 4. The molecule has 0 fully saturated rings. The van der Waals surface area contributed by atoms with E-state index in [4.69, 9.17) is 32.9 Å². The normalized spacial score (nSPS) is 11.2. The van der Waals surface area contributed by atoms with Crippen LogP contribution in [0.15, 0.2) is 40.3 Å². The summed E-state index contributed by atoms with van der Waals surface area (Å²) in [6.07, 6.45) is 1.09. The molecule has 1 aromatic carbocycles. The molecule has 0 radical (unpaired) electrons. The fraction of sp³-hybridized carbons (Fsp3) is 0. The Kier molecular flexibility index (Phi) is 4.14. The minimum atomic E-state index is -1.56.